The third-order valence-electron chi connectivity index (χ3n) is 2.34. The molecule has 1 aromatic heterocycles. The number of halogens is 1. The Morgan fingerprint density at radius 1 is 1.40 bits per heavy atom. The second kappa shape index (κ2) is 4.79. The highest BCUT2D eigenvalue weighted by Crippen LogP contribution is 2.19. The van der Waals surface area contributed by atoms with Crippen LogP contribution < -0.4 is 0 Å². The van der Waals surface area contributed by atoms with Crippen molar-refractivity contribution in [3.05, 3.63) is 30.2 Å². The van der Waals surface area contributed by atoms with Crippen molar-refractivity contribution >= 4 is 27.0 Å². The summed E-state index contributed by atoms with van der Waals surface area (Å²) in [6, 6.07) is 7.88. The van der Waals surface area contributed by atoms with E-state index in [0.29, 0.717) is 4.83 Å². The lowest BCUT2D eigenvalue weighted by molar-refractivity contribution is 0.519. The summed E-state index contributed by atoms with van der Waals surface area (Å²) in [7, 11) is 0. The number of alkyl halides is 1. The smallest absolute Gasteiger partial charge is 0.196 e. The predicted octanol–water partition coefficient (Wildman–Crippen LogP) is 3.93. The summed E-state index contributed by atoms with van der Waals surface area (Å²) in [6.45, 7) is 2.18. The normalized spacial score (nSPS) is 13.2. The maximum absolute atomic E-state index is 5.64. The molecule has 0 fully saturated rings. The molecule has 0 aliphatic heterocycles. The van der Waals surface area contributed by atoms with Crippen LogP contribution >= 0.6 is 15.9 Å². The molecule has 0 bridgehead atoms. The van der Waals surface area contributed by atoms with E-state index in [1.54, 1.807) is 0 Å². The van der Waals surface area contributed by atoms with Gasteiger partial charge in [0.2, 0.25) is 0 Å². The predicted molar refractivity (Wildman–Crippen MR) is 65.3 cm³/mol. The number of para-hydroxylation sites is 2. The Morgan fingerprint density at radius 2 is 2.20 bits per heavy atom. The van der Waals surface area contributed by atoms with Crippen molar-refractivity contribution in [3.63, 3.8) is 0 Å². The highest BCUT2D eigenvalue weighted by atomic mass is 79.9. The van der Waals surface area contributed by atoms with Crippen molar-refractivity contribution in [3.8, 4) is 0 Å². The van der Waals surface area contributed by atoms with E-state index in [-0.39, 0.29) is 0 Å². The summed E-state index contributed by atoms with van der Waals surface area (Å²) >= 11 is 3.63. The average molecular weight is 268 g/mol. The van der Waals surface area contributed by atoms with Crippen molar-refractivity contribution < 1.29 is 4.42 Å². The zero-order chi connectivity index (χ0) is 10.7. The highest BCUT2D eigenvalue weighted by Gasteiger charge is 2.10. The van der Waals surface area contributed by atoms with E-state index in [1.165, 1.54) is 6.42 Å². The fourth-order valence-corrected chi connectivity index (χ4v) is 2.35. The molecule has 0 saturated carbocycles. The Bertz CT molecular complexity index is 405. The van der Waals surface area contributed by atoms with Crippen molar-refractivity contribution in [2.45, 2.75) is 31.0 Å². The van der Waals surface area contributed by atoms with Crippen LogP contribution in [0.15, 0.2) is 28.7 Å². The lowest BCUT2D eigenvalue weighted by Crippen LogP contribution is -2.01. The van der Waals surface area contributed by atoms with E-state index >= 15 is 0 Å². The summed E-state index contributed by atoms with van der Waals surface area (Å²) in [4.78, 5) is 4.91. The van der Waals surface area contributed by atoms with Gasteiger partial charge >= 0.3 is 0 Å². The lowest BCUT2D eigenvalue weighted by atomic mass is 10.2. The molecule has 2 aromatic rings. The largest absolute Gasteiger partial charge is 0.441 e. The lowest BCUT2D eigenvalue weighted by Gasteiger charge is -2.03. The second-order valence-electron chi connectivity index (χ2n) is 3.67. The van der Waals surface area contributed by atoms with Gasteiger partial charge in [0.05, 0.1) is 0 Å². The third-order valence-corrected chi connectivity index (χ3v) is 3.12. The van der Waals surface area contributed by atoms with Crippen molar-refractivity contribution in [1.29, 1.82) is 0 Å². The first-order chi connectivity index (χ1) is 7.29. The standard InChI is InChI=1S/C12H14BrNO/c1-2-5-9(13)8-12-14-10-6-3-4-7-11(10)15-12/h3-4,6-7,9H,2,5,8H2,1H3. The fraction of sp³-hybridized carbons (Fsp3) is 0.417. The van der Waals surface area contributed by atoms with E-state index in [4.69, 9.17) is 4.42 Å². The Hall–Kier alpha value is -0.830. The molecule has 3 heteroatoms. The van der Waals surface area contributed by atoms with Crippen molar-refractivity contribution in [2.75, 3.05) is 0 Å². The first-order valence-electron chi connectivity index (χ1n) is 5.28. The number of nitrogens with zero attached hydrogens (tertiary/aromatic N) is 1. The number of fused-ring (bicyclic) bond motifs is 1. The van der Waals surface area contributed by atoms with Crippen LogP contribution in [0, 0.1) is 0 Å². The number of rotatable bonds is 4. The summed E-state index contributed by atoms with van der Waals surface area (Å²) in [5, 5.41) is 0. The summed E-state index contributed by atoms with van der Waals surface area (Å²) in [5.41, 5.74) is 1.83. The molecule has 1 atom stereocenters. The van der Waals surface area contributed by atoms with Gasteiger partial charge in [-0.15, -0.1) is 0 Å². The minimum atomic E-state index is 0.468. The Balaban J connectivity index is 2.15. The maximum atomic E-state index is 5.64. The van der Waals surface area contributed by atoms with Gasteiger partial charge in [-0.25, -0.2) is 4.98 Å². The third kappa shape index (κ3) is 2.59. The van der Waals surface area contributed by atoms with Crippen LogP contribution in [0.2, 0.25) is 0 Å². The summed E-state index contributed by atoms with van der Waals surface area (Å²) in [6.07, 6.45) is 3.19. The van der Waals surface area contributed by atoms with Gasteiger partial charge in [0, 0.05) is 11.2 Å². The van der Waals surface area contributed by atoms with Crippen LogP contribution in [-0.4, -0.2) is 9.81 Å². The van der Waals surface area contributed by atoms with Crippen molar-refractivity contribution in [2.24, 2.45) is 0 Å². The quantitative estimate of drug-likeness (QED) is 0.785. The molecule has 2 nitrogen and oxygen atoms in total. The molecule has 0 aliphatic rings. The minimum absolute atomic E-state index is 0.468. The molecule has 2 rings (SSSR count). The molecule has 80 valence electrons. The minimum Gasteiger partial charge on any atom is -0.441 e. The highest BCUT2D eigenvalue weighted by molar-refractivity contribution is 9.09. The summed E-state index contributed by atoms with van der Waals surface area (Å²) in [5.74, 6) is 0.825. The SMILES string of the molecule is CCCC(Br)Cc1nc2ccccc2o1. The van der Waals surface area contributed by atoms with E-state index < -0.39 is 0 Å². The van der Waals surface area contributed by atoms with Gasteiger partial charge in [-0.05, 0) is 18.6 Å². The van der Waals surface area contributed by atoms with Gasteiger partial charge in [-0.3, -0.25) is 0 Å². The Labute approximate surface area is 97.8 Å². The monoisotopic (exact) mass is 267 g/mol. The molecule has 0 N–H and O–H groups in total. The Morgan fingerprint density at radius 3 is 2.93 bits per heavy atom. The average Bonchev–Trinajstić information content (AvgIpc) is 2.59. The molecule has 1 heterocycles. The number of hydrogen-bond acceptors (Lipinski definition) is 2. The van der Waals surface area contributed by atoms with E-state index in [9.17, 15) is 0 Å². The zero-order valence-electron chi connectivity index (χ0n) is 8.74. The van der Waals surface area contributed by atoms with Crippen LogP contribution in [0.1, 0.15) is 25.7 Å². The maximum Gasteiger partial charge on any atom is 0.196 e. The number of benzene rings is 1. The molecule has 0 aliphatic carbocycles. The molecular weight excluding hydrogens is 254 g/mol. The molecule has 0 saturated heterocycles. The summed E-state index contributed by atoms with van der Waals surface area (Å²) < 4.78 is 5.64. The second-order valence-corrected chi connectivity index (χ2v) is 4.96. The van der Waals surface area contributed by atoms with Gasteiger partial charge in [0.25, 0.3) is 0 Å². The topological polar surface area (TPSA) is 26.0 Å². The van der Waals surface area contributed by atoms with Gasteiger partial charge in [-0.2, -0.15) is 0 Å². The van der Waals surface area contributed by atoms with E-state index in [0.717, 1.165) is 29.8 Å². The van der Waals surface area contributed by atoms with Gasteiger partial charge in [-0.1, -0.05) is 41.4 Å². The van der Waals surface area contributed by atoms with Gasteiger partial charge < -0.3 is 4.42 Å². The first-order valence-corrected chi connectivity index (χ1v) is 6.19. The van der Waals surface area contributed by atoms with Crippen LogP contribution in [0.3, 0.4) is 0 Å². The van der Waals surface area contributed by atoms with Crippen LogP contribution in [0.5, 0.6) is 0 Å². The molecule has 1 aromatic carbocycles. The molecule has 15 heavy (non-hydrogen) atoms. The van der Waals surface area contributed by atoms with E-state index in [1.807, 2.05) is 24.3 Å². The Kier molecular flexibility index (Phi) is 3.41. The fourth-order valence-electron chi connectivity index (χ4n) is 1.61. The number of aromatic nitrogens is 1. The van der Waals surface area contributed by atoms with Crippen LogP contribution in [-0.2, 0) is 6.42 Å². The first kappa shape index (κ1) is 10.7. The van der Waals surface area contributed by atoms with Gasteiger partial charge in [0.15, 0.2) is 11.5 Å². The molecule has 0 spiro atoms. The van der Waals surface area contributed by atoms with E-state index in [2.05, 4.69) is 27.8 Å². The van der Waals surface area contributed by atoms with Crippen LogP contribution in [0.4, 0.5) is 0 Å². The van der Waals surface area contributed by atoms with Crippen LogP contribution in [0.25, 0.3) is 11.1 Å². The molecular formula is C12H14BrNO. The molecule has 0 radical (unpaired) electrons. The number of oxazole rings is 1. The number of hydrogen-bond donors (Lipinski definition) is 0. The van der Waals surface area contributed by atoms with Crippen molar-refractivity contribution in [1.82, 2.24) is 4.98 Å². The molecule has 1 unspecified atom stereocenters. The van der Waals surface area contributed by atoms with Gasteiger partial charge in [0.1, 0.15) is 5.52 Å². The molecule has 0 amide bonds. The zero-order valence-corrected chi connectivity index (χ0v) is 10.3.